The van der Waals surface area contributed by atoms with Crippen molar-refractivity contribution in [3.05, 3.63) is 70.5 Å². The van der Waals surface area contributed by atoms with E-state index in [1.807, 2.05) is 30.3 Å². The van der Waals surface area contributed by atoms with E-state index in [-0.39, 0.29) is 5.56 Å². The molecule has 0 fully saturated rings. The summed E-state index contributed by atoms with van der Waals surface area (Å²) >= 11 is 0. The number of aromatic amines is 2. The van der Waals surface area contributed by atoms with Gasteiger partial charge in [-0.1, -0.05) is 12.1 Å². The first-order chi connectivity index (χ1) is 20.0. The molecule has 0 unspecified atom stereocenters. The lowest BCUT2D eigenvalue weighted by Gasteiger charge is -2.14. The van der Waals surface area contributed by atoms with Crippen LogP contribution in [0, 0.1) is 0 Å². The molecule has 1 atom stereocenters. The SMILES string of the molecule is COc1ccc(C[C@@H](N)c2nc3ccc(-c4cn[nH]c4)cc3c(=O)[nH]2)cc1OC.O=C(O)C(F)(F)F.O=C(O)C(F)(F)F. The maximum atomic E-state index is 12.7. The summed E-state index contributed by atoms with van der Waals surface area (Å²) in [6, 6.07) is 10.7. The third-order valence-electron chi connectivity index (χ3n) is 5.30. The van der Waals surface area contributed by atoms with Crippen molar-refractivity contribution in [2.24, 2.45) is 5.73 Å². The highest BCUT2D eigenvalue weighted by Crippen LogP contribution is 2.29. The molecular formula is C25H23F6N5O7. The Hall–Kier alpha value is -5.13. The van der Waals surface area contributed by atoms with Crippen molar-refractivity contribution in [2.45, 2.75) is 24.8 Å². The number of H-pyrrole nitrogens is 2. The Bertz CT molecular complexity index is 1580. The fourth-order valence-electron chi connectivity index (χ4n) is 3.28. The second kappa shape index (κ2) is 14.2. The zero-order valence-corrected chi connectivity index (χ0v) is 22.1. The highest BCUT2D eigenvalue weighted by molar-refractivity contribution is 5.83. The van der Waals surface area contributed by atoms with Crippen LogP contribution >= 0.6 is 0 Å². The summed E-state index contributed by atoms with van der Waals surface area (Å²) in [5, 5.41) is 21.5. The molecule has 2 aromatic carbocycles. The number of nitrogens with two attached hydrogens (primary N) is 1. The number of aromatic nitrogens is 4. The number of carboxylic acid groups (broad SMARTS) is 2. The van der Waals surface area contributed by atoms with Crippen LogP contribution in [0.3, 0.4) is 0 Å². The number of carboxylic acids is 2. The van der Waals surface area contributed by atoms with Gasteiger partial charge >= 0.3 is 24.3 Å². The molecule has 0 saturated carbocycles. The van der Waals surface area contributed by atoms with E-state index in [2.05, 4.69) is 20.2 Å². The third-order valence-corrected chi connectivity index (χ3v) is 5.30. The molecule has 0 amide bonds. The molecule has 0 spiro atoms. The molecule has 232 valence electrons. The van der Waals surface area contributed by atoms with Gasteiger partial charge in [-0.15, -0.1) is 0 Å². The number of fused-ring (bicyclic) bond motifs is 1. The summed E-state index contributed by atoms with van der Waals surface area (Å²) in [7, 11) is 3.17. The van der Waals surface area contributed by atoms with Gasteiger partial charge < -0.3 is 30.4 Å². The van der Waals surface area contributed by atoms with E-state index >= 15 is 0 Å². The van der Waals surface area contributed by atoms with Crippen LogP contribution in [-0.2, 0) is 16.0 Å². The summed E-state index contributed by atoms with van der Waals surface area (Å²) < 4.78 is 74.1. The number of halogens is 6. The highest BCUT2D eigenvalue weighted by Gasteiger charge is 2.38. The number of rotatable bonds is 6. The smallest absolute Gasteiger partial charge is 0.490 e. The molecule has 0 aliphatic carbocycles. The van der Waals surface area contributed by atoms with E-state index in [4.69, 9.17) is 35.0 Å². The van der Waals surface area contributed by atoms with Gasteiger partial charge in [0.1, 0.15) is 5.82 Å². The minimum absolute atomic E-state index is 0.224. The number of hydrogen-bond acceptors (Lipinski definition) is 8. The summed E-state index contributed by atoms with van der Waals surface area (Å²) in [6.07, 6.45) is -6.20. The van der Waals surface area contributed by atoms with Crippen LogP contribution in [0.5, 0.6) is 11.5 Å². The quantitative estimate of drug-likeness (QED) is 0.198. The Morgan fingerprint density at radius 1 is 0.930 bits per heavy atom. The number of nitrogens with zero attached hydrogens (tertiary/aromatic N) is 2. The number of ether oxygens (including phenoxy) is 2. The van der Waals surface area contributed by atoms with Gasteiger partial charge in [0.15, 0.2) is 11.5 Å². The monoisotopic (exact) mass is 619 g/mol. The lowest BCUT2D eigenvalue weighted by atomic mass is 10.0. The molecule has 6 N–H and O–H groups in total. The van der Waals surface area contributed by atoms with E-state index < -0.39 is 30.3 Å². The zero-order valence-electron chi connectivity index (χ0n) is 22.1. The van der Waals surface area contributed by atoms with Crippen LogP contribution in [0.2, 0.25) is 0 Å². The first-order valence-corrected chi connectivity index (χ1v) is 11.6. The second-order valence-corrected chi connectivity index (χ2v) is 8.28. The fraction of sp³-hybridized carbons (Fsp3) is 0.240. The first-order valence-electron chi connectivity index (χ1n) is 11.6. The Kier molecular flexibility index (Phi) is 11.2. The third kappa shape index (κ3) is 9.73. The van der Waals surface area contributed by atoms with E-state index in [0.717, 1.165) is 16.7 Å². The summed E-state index contributed by atoms with van der Waals surface area (Å²) in [6.45, 7) is 0. The molecule has 0 bridgehead atoms. The normalized spacial score (nSPS) is 11.8. The van der Waals surface area contributed by atoms with Crippen molar-refractivity contribution in [2.75, 3.05) is 14.2 Å². The standard InChI is InChI=1S/C21H21N5O3.2C2HF3O2/c1-28-18-6-3-12(8-19(18)29-2)7-16(22)20-25-17-5-4-13(14-10-23-24-11-14)9-15(17)21(27)26-20;2*3-2(4,5)1(6)7/h3-6,8-11,16H,7,22H2,1-2H3,(H,23,24)(H,25,26,27);2*(H,6,7)/t16-;;/m1../s1. The van der Waals surface area contributed by atoms with Crippen LogP contribution in [0.15, 0.2) is 53.6 Å². The molecule has 0 aliphatic rings. The predicted molar refractivity (Wildman–Crippen MR) is 138 cm³/mol. The number of methoxy groups -OCH3 is 2. The molecule has 43 heavy (non-hydrogen) atoms. The Morgan fingerprint density at radius 2 is 1.51 bits per heavy atom. The van der Waals surface area contributed by atoms with Crippen molar-refractivity contribution in [3.8, 4) is 22.6 Å². The molecule has 4 rings (SSSR count). The van der Waals surface area contributed by atoms with Gasteiger partial charge in [-0.05, 0) is 41.8 Å². The van der Waals surface area contributed by atoms with Crippen molar-refractivity contribution in [1.29, 1.82) is 0 Å². The van der Waals surface area contributed by atoms with Gasteiger partial charge in [-0.2, -0.15) is 31.4 Å². The molecule has 2 heterocycles. The van der Waals surface area contributed by atoms with Crippen LogP contribution in [0.25, 0.3) is 22.0 Å². The average Bonchev–Trinajstić information content (AvgIpc) is 3.47. The number of aliphatic carboxylic acids is 2. The highest BCUT2D eigenvalue weighted by atomic mass is 19.4. The zero-order chi connectivity index (χ0) is 32.5. The Labute approximate surface area is 237 Å². The van der Waals surface area contributed by atoms with Crippen molar-refractivity contribution in [3.63, 3.8) is 0 Å². The molecular weight excluding hydrogens is 596 g/mol. The Balaban J connectivity index is 0.000000384. The van der Waals surface area contributed by atoms with Gasteiger partial charge in [-0.3, -0.25) is 9.89 Å². The van der Waals surface area contributed by atoms with Crippen molar-refractivity contribution >= 4 is 22.8 Å². The van der Waals surface area contributed by atoms with E-state index in [1.165, 1.54) is 0 Å². The number of benzene rings is 2. The molecule has 0 radical (unpaired) electrons. The minimum atomic E-state index is -5.08. The Morgan fingerprint density at radius 3 is 2.00 bits per heavy atom. The lowest BCUT2D eigenvalue weighted by molar-refractivity contribution is -0.193. The van der Waals surface area contributed by atoms with E-state index in [9.17, 15) is 31.1 Å². The molecule has 4 aromatic rings. The molecule has 2 aromatic heterocycles. The van der Waals surface area contributed by atoms with Gasteiger partial charge in [0.05, 0.1) is 37.4 Å². The second-order valence-electron chi connectivity index (χ2n) is 8.28. The minimum Gasteiger partial charge on any atom is -0.493 e. The van der Waals surface area contributed by atoms with Crippen LogP contribution in [-0.4, -0.2) is 68.9 Å². The molecule has 0 aliphatic heterocycles. The first kappa shape index (κ1) is 34.1. The summed E-state index contributed by atoms with van der Waals surface area (Å²) in [5.74, 6) is -3.80. The van der Waals surface area contributed by atoms with Crippen LogP contribution in [0.4, 0.5) is 26.3 Å². The van der Waals surface area contributed by atoms with Gasteiger partial charge in [0.25, 0.3) is 5.56 Å². The predicted octanol–water partition coefficient (Wildman–Crippen LogP) is 3.84. The molecule has 0 saturated heterocycles. The van der Waals surface area contributed by atoms with E-state index in [0.29, 0.717) is 34.6 Å². The van der Waals surface area contributed by atoms with Gasteiger partial charge in [0, 0.05) is 11.8 Å². The number of carbonyl (C=O) groups is 2. The van der Waals surface area contributed by atoms with Crippen LogP contribution in [0.1, 0.15) is 17.4 Å². The lowest BCUT2D eigenvalue weighted by Crippen LogP contribution is -2.21. The summed E-state index contributed by atoms with van der Waals surface area (Å²) in [5.41, 5.74) is 9.46. The van der Waals surface area contributed by atoms with Crippen molar-refractivity contribution in [1.82, 2.24) is 20.2 Å². The van der Waals surface area contributed by atoms with Crippen LogP contribution < -0.4 is 20.8 Å². The van der Waals surface area contributed by atoms with E-state index in [1.54, 1.807) is 32.7 Å². The van der Waals surface area contributed by atoms with Gasteiger partial charge in [-0.25, -0.2) is 14.6 Å². The number of nitrogens with one attached hydrogen (secondary N) is 2. The average molecular weight is 619 g/mol. The number of alkyl halides is 6. The van der Waals surface area contributed by atoms with Gasteiger partial charge in [0.2, 0.25) is 0 Å². The largest absolute Gasteiger partial charge is 0.493 e. The number of hydrogen-bond donors (Lipinski definition) is 5. The molecule has 18 heteroatoms. The maximum Gasteiger partial charge on any atom is 0.490 e. The maximum absolute atomic E-state index is 12.7. The molecule has 12 nitrogen and oxygen atoms in total. The van der Waals surface area contributed by atoms with Crippen molar-refractivity contribution < 1.29 is 55.6 Å². The summed E-state index contributed by atoms with van der Waals surface area (Å²) in [4.78, 5) is 37.8. The fourth-order valence-corrected chi connectivity index (χ4v) is 3.28. The topological polar surface area (TPSA) is 194 Å².